The molecular weight excluding hydrogens is 257 g/mol. The molecule has 1 aromatic carbocycles. The molecule has 1 heterocycles. The van der Waals surface area contributed by atoms with Gasteiger partial charge in [0.15, 0.2) is 0 Å². The minimum Gasteiger partial charge on any atom is -0.493 e. The first-order valence-electron chi connectivity index (χ1n) is 5.79. The molecular formula is C13H13F3N2O. The summed E-state index contributed by atoms with van der Waals surface area (Å²) in [7, 11) is 0. The number of hydrogen-bond acceptors (Lipinski definition) is 3. The number of fused-ring (bicyclic) bond motifs is 1. The van der Waals surface area contributed by atoms with Gasteiger partial charge in [-0.05, 0) is 24.6 Å². The molecule has 2 aromatic rings. The van der Waals surface area contributed by atoms with Crippen LogP contribution in [-0.2, 0) is 0 Å². The quantitative estimate of drug-likeness (QED) is 0.682. The molecule has 0 amide bonds. The number of ether oxygens (including phenoxy) is 1. The Bertz CT molecular complexity index is 569. The fourth-order valence-electron chi connectivity index (χ4n) is 1.76. The van der Waals surface area contributed by atoms with Crippen molar-refractivity contribution in [3.8, 4) is 5.75 Å². The Morgan fingerprint density at radius 1 is 1.16 bits per heavy atom. The van der Waals surface area contributed by atoms with Crippen molar-refractivity contribution < 1.29 is 17.9 Å². The average Bonchev–Trinajstić information content (AvgIpc) is 2.36. The van der Waals surface area contributed by atoms with E-state index in [2.05, 4.69) is 4.98 Å². The van der Waals surface area contributed by atoms with Crippen molar-refractivity contribution in [3.63, 3.8) is 0 Å². The predicted octanol–water partition coefficient (Wildman–Crippen LogP) is 3.54. The molecule has 0 atom stereocenters. The first kappa shape index (κ1) is 13.5. The van der Waals surface area contributed by atoms with Crippen LogP contribution in [0.3, 0.4) is 0 Å². The second-order valence-corrected chi connectivity index (χ2v) is 4.14. The van der Waals surface area contributed by atoms with Crippen LogP contribution in [0.25, 0.3) is 10.8 Å². The number of rotatable bonds is 4. The molecule has 19 heavy (non-hydrogen) atoms. The van der Waals surface area contributed by atoms with Gasteiger partial charge in [0.1, 0.15) is 5.75 Å². The number of pyridine rings is 1. The molecule has 0 aliphatic carbocycles. The van der Waals surface area contributed by atoms with Gasteiger partial charge in [-0.1, -0.05) is 0 Å². The second-order valence-electron chi connectivity index (χ2n) is 4.14. The van der Waals surface area contributed by atoms with Crippen LogP contribution in [0.4, 0.5) is 18.9 Å². The zero-order chi connectivity index (χ0) is 13.9. The van der Waals surface area contributed by atoms with Crippen molar-refractivity contribution in [2.24, 2.45) is 0 Å². The lowest BCUT2D eigenvalue weighted by Gasteiger charge is -2.11. The lowest BCUT2D eigenvalue weighted by Crippen LogP contribution is -2.09. The van der Waals surface area contributed by atoms with E-state index in [0.717, 1.165) is 10.8 Å². The minimum absolute atomic E-state index is 0.0147. The number of hydrogen-bond donors (Lipinski definition) is 1. The molecule has 0 radical (unpaired) electrons. The topological polar surface area (TPSA) is 48.1 Å². The van der Waals surface area contributed by atoms with Gasteiger partial charge >= 0.3 is 6.18 Å². The normalized spacial score (nSPS) is 11.7. The highest BCUT2D eigenvalue weighted by Crippen LogP contribution is 2.29. The first-order valence-corrected chi connectivity index (χ1v) is 5.79. The number of benzene rings is 1. The maximum atomic E-state index is 12.0. The molecule has 0 unspecified atom stereocenters. The molecule has 2 rings (SSSR count). The number of nitrogens with zero attached hydrogens (tertiary/aromatic N) is 1. The zero-order valence-corrected chi connectivity index (χ0v) is 10.1. The van der Waals surface area contributed by atoms with E-state index in [1.54, 1.807) is 30.6 Å². The number of halogens is 3. The van der Waals surface area contributed by atoms with Crippen LogP contribution in [0.1, 0.15) is 12.8 Å². The Balaban J connectivity index is 2.07. The monoisotopic (exact) mass is 270 g/mol. The summed E-state index contributed by atoms with van der Waals surface area (Å²) >= 11 is 0. The summed E-state index contributed by atoms with van der Waals surface area (Å²) in [5.41, 5.74) is 6.35. The lowest BCUT2D eigenvalue weighted by atomic mass is 10.1. The molecule has 0 saturated carbocycles. The molecule has 0 saturated heterocycles. The number of anilines is 1. The zero-order valence-electron chi connectivity index (χ0n) is 10.1. The Hall–Kier alpha value is -1.98. The summed E-state index contributed by atoms with van der Waals surface area (Å²) < 4.78 is 41.4. The van der Waals surface area contributed by atoms with Crippen LogP contribution in [0, 0.1) is 0 Å². The molecule has 0 aliphatic rings. The van der Waals surface area contributed by atoms with Gasteiger partial charge in [0.25, 0.3) is 0 Å². The molecule has 0 bridgehead atoms. The molecule has 2 N–H and O–H groups in total. The van der Waals surface area contributed by atoms with Gasteiger partial charge in [0.2, 0.25) is 0 Å². The Morgan fingerprint density at radius 2 is 1.95 bits per heavy atom. The van der Waals surface area contributed by atoms with Crippen LogP contribution in [0.15, 0.2) is 30.6 Å². The van der Waals surface area contributed by atoms with Crippen LogP contribution in [-0.4, -0.2) is 17.8 Å². The van der Waals surface area contributed by atoms with Crippen molar-refractivity contribution in [2.75, 3.05) is 12.3 Å². The van der Waals surface area contributed by atoms with E-state index in [1.807, 2.05) is 0 Å². The maximum Gasteiger partial charge on any atom is 0.389 e. The standard InChI is InChI=1S/C13H13F3N2O/c14-13(15,16)5-1-7-19-12-3-2-11(17)10-8-18-6-4-9(10)12/h2-4,6,8H,1,5,7,17H2. The molecule has 0 fully saturated rings. The van der Waals surface area contributed by atoms with Gasteiger partial charge in [-0.15, -0.1) is 0 Å². The fourth-order valence-corrected chi connectivity index (χ4v) is 1.76. The summed E-state index contributed by atoms with van der Waals surface area (Å²) in [5.74, 6) is 0.522. The van der Waals surface area contributed by atoms with Crippen molar-refractivity contribution in [2.45, 2.75) is 19.0 Å². The highest BCUT2D eigenvalue weighted by atomic mass is 19.4. The van der Waals surface area contributed by atoms with E-state index in [0.29, 0.717) is 11.4 Å². The average molecular weight is 270 g/mol. The Kier molecular flexibility index (Phi) is 3.78. The van der Waals surface area contributed by atoms with Crippen molar-refractivity contribution in [3.05, 3.63) is 30.6 Å². The summed E-state index contributed by atoms with van der Waals surface area (Å²) in [6, 6.07) is 5.04. The third-order valence-electron chi connectivity index (χ3n) is 2.67. The van der Waals surface area contributed by atoms with Crippen molar-refractivity contribution in [1.29, 1.82) is 0 Å². The molecule has 3 nitrogen and oxygen atoms in total. The molecule has 0 spiro atoms. The van der Waals surface area contributed by atoms with E-state index >= 15 is 0 Å². The van der Waals surface area contributed by atoms with Gasteiger partial charge in [0, 0.05) is 35.3 Å². The molecule has 102 valence electrons. The van der Waals surface area contributed by atoms with E-state index in [1.165, 1.54) is 0 Å². The number of alkyl halides is 3. The third kappa shape index (κ3) is 3.49. The summed E-state index contributed by atoms with van der Waals surface area (Å²) in [5, 5.41) is 1.48. The van der Waals surface area contributed by atoms with Crippen LogP contribution in [0.2, 0.25) is 0 Å². The molecule has 0 aliphatic heterocycles. The van der Waals surface area contributed by atoms with Gasteiger partial charge in [-0.2, -0.15) is 13.2 Å². The van der Waals surface area contributed by atoms with Crippen LogP contribution >= 0.6 is 0 Å². The van der Waals surface area contributed by atoms with Gasteiger partial charge < -0.3 is 10.5 Å². The van der Waals surface area contributed by atoms with E-state index in [-0.39, 0.29) is 13.0 Å². The lowest BCUT2D eigenvalue weighted by molar-refractivity contribution is -0.136. The van der Waals surface area contributed by atoms with E-state index < -0.39 is 12.6 Å². The van der Waals surface area contributed by atoms with Crippen molar-refractivity contribution >= 4 is 16.5 Å². The first-order chi connectivity index (χ1) is 8.97. The highest BCUT2D eigenvalue weighted by Gasteiger charge is 2.26. The number of nitrogen functional groups attached to an aromatic ring is 1. The van der Waals surface area contributed by atoms with E-state index in [4.69, 9.17) is 10.5 Å². The fraction of sp³-hybridized carbons (Fsp3) is 0.308. The predicted molar refractivity (Wildman–Crippen MR) is 66.9 cm³/mol. The van der Waals surface area contributed by atoms with Gasteiger partial charge in [-0.3, -0.25) is 4.98 Å². The van der Waals surface area contributed by atoms with Crippen LogP contribution in [0.5, 0.6) is 5.75 Å². The third-order valence-corrected chi connectivity index (χ3v) is 2.67. The number of nitrogens with two attached hydrogens (primary N) is 1. The van der Waals surface area contributed by atoms with Crippen LogP contribution < -0.4 is 10.5 Å². The smallest absolute Gasteiger partial charge is 0.389 e. The van der Waals surface area contributed by atoms with Crippen molar-refractivity contribution in [1.82, 2.24) is 4.98 Å². The van der Waals surface area contributed by atoms with Gasteiger partial charge in [0.05, 0.1) is 6.61 Å². The maximum absolute atomic E-state index is 12.0. The molecule has 6 heteroatoms. The number of aromatic nitrogens is 1. The van der Waals surface area contributed by atoms with Gasteiger partial charge in [-0.25, -0.2) is 0 Å². The largest absolute Gasteiger partial charge is 0.493 e. The highest BCUT2D eigenvalue weighted by molar-refractivity contribution is 5.96. The minimum atomic E-state index is -4.14. The summed E-state index contributed by atoms with van der Waals surface area (Å²) in [6.45, 7) is 0.0147. The molecule has 1 aromatic heterocycles. The summed E-state index contributed by atoms with van der Waals surface area (Å²) in [4.78, 5) is 3.96. The summed E-state index contributed by atoms with van der Waals surface area (Å²) in [6.07, 6.45) is -1.87. The van der Waals surface area contributed by atoms with E-state index in [9.17, 15) is 13.2 Å². The Labute approximate surface area is 108 Å². The SMILES string of the molecule is Nc1ccc(OCCCC(F)(F)F)c2ccncc12. The second kappa shape index (κ2) is 5.34. The Morgan fingerprint density at radius 3 is 2.68 bits per heavy atom.